The zero-order chi connectivity index (χ0) is 16.1. The van der Waals surface area contributed by atoms with E-state index in [1.807, 2.05) is 30.0 Å². The predicted octanol–water partition coefficient (Wildman–Crippen LogP) is 5.25. The number of benzene rings is 2. The monoisotopic (exact) mass is 456 g/mol. The van der Waals surface area contributed by atoms with E-state index < -0.39 is 0 Å². The Balaban J connectivity index is 1.80. The van der Waals surface area contributed by atoms with Crippen LogP contribution in [0, 0.1) is 0 Å². The largest absolute Gasteiger partial charge is 0.343 e. The van der Waals surface area contributed by atoms with Crippen LogP contribution in [0.25, 0.3) is 0 Å². The quantitative estimate of drug-likeness (QED) is 0.451. The van der Waals surface area contributed by atoms with Crippen LogP contribution < -0.4 is 0 Å². The Bertz CT molecular complexity index is 678. The van der Waals surface area contributed by atoms with Gasteiger partial charge in [0, 0.05) is 27.8 Å². The molecule has 0 radical (unpaired) electrons. The molecule has 0 amide bonds. The van der Waals surface area contributed by atoms with Gasteiger partial charge in [-0.25, -0.2) is 0 Å². The van der Waals surface area contributed by atoms with Gasteiger partial charge in [0.2, 0.25) is 0 Å². The van der Waals surface area contributed by atoms with Crippen molar-refractivity contribution < 1.29 is 0 Å². The number of hydrogen-bond donors (Lipinski definition) is 0. The van der Waals surface area contributed by atoms with Gasteiger partial charge in [-0.05, 0) is 17.2 Å². The van der Waals surface area contributed by atoms with Crippen molar-refractivity contribution in [2.45, 2.75) is 18.3 Å². The minimum atomic E-state index is 0.593. The molecule has 1 heterocycles. The van der Waals surface area contributed by atoms with Crippen LogP contribution in [0.1, 0.15) is 11.1 Å². The van der Waals surface area contributed by atoms with Gasteiger partial charge in [-0.2, -0.15) is 0 Å². The number of thioether (sulfide) groups is 1. The second-order valence-electron chi connectivity index (χ2n) is 5.45. The number of alkyl halides is 1. The standard InChI is InChI=1S/C18H18ClIN2S/c19-17-9-5-4-8-15(17)13-22(12-14-6-2-1-3-7-14)18-21-11-16(10-20)23-18/h1-9,16H,10-13H2. The third kappa shape index (κ3) is 4.64. The van der Waals surface area contributed by atoms with Crippen LogP contribution in [0.2, 0.25) is 5.02 Å². The summed E-state index contributed by atoms with van der Waals surface area (Å²) in [5.74, 6) is 0. The Hall–Kier alpha value is -0.720. The summed E-state index contributed by atoms with van der Waals surface area (Å²) in [4.78, 5) is 7.11. The molecule has 0 bridgehead atoms. The summed E-state index contributed by atoms with van der Waals surface area (Å²) in [7, 11) is 0. The zero-order valence-corrected chi connectivity index (χ0v) is 16.4. The van der Waals surface area contributed by atoms with Gasteiger partial charge in [0.1, 0.15) is 0 Å². The van der Waals surface area contributed by atoms with E-state index >= 15 is 0 Å². The molecule has 0 saturated carbocycles. The normalized spacial score (nSPS) is 17.1. The average molecular weight is 457 g/mol. The fourth-order valence-corrected chi connectivity index (χ4v) is 4.44. The first-order valence-electron chi connectivity index (χ1n) is 7.55. The lowest BCUT2D eigenvalue weighted by atomic mass is 10.2. The van der Waals surface area contributed by atoms with Gasteiger partial charge < -0.3 is 4.90 Å². The van der Waals surface area contributed by atoms with Gasteiger partial charge in [0.05, 0.1) is 6.54 Å². The highest BCUT2D eigenvalue weighted by Crippen LogP contribution is 2.28. The van der Waals surface area contributed by atoms with E-state index in [0.717, 1.165) is 39.8 Å². The molecule has 0 saturated heterocycles. The molecule has 0 aliphatic carbocycles. The van der Waals surface area contributed by atoms with Crippen LogP contribution in [-0.4, -0.2) is 26.3 Å². The lowest BCUT2D eigenvalue weighted by Gasteiger charge is -2.25. The number of nitrogens with zero attached hydrogens (tertiary/aromatic N) is 2. The number of amidine groups is 1. The summed E-state index contributed by atoms with van der Waals surface area (Å²) in [5.41, 5.74) is 2.44. The minimum Gasteiger partial charge on any atom is -0.343 e. The second-order valence-corrected chi connectivity index (χ2v) is 8.01. The maximum Gasteiger partial charge on any atom is 0.160 e. The van der Waals surface area contributed by atoms with E-state index in [4.69, 9.17) is 16.6 Å². The Morgan fingerprint density at radius 2 is 1.83 bits per heavy atom. The van der Waals surface area contributed by atoms with E-state index in [1.165, 1.54) is 5.56 Å². The first kappa shape index (κ1) is 17.1. The molecule has 5 heteroatoms. The molecule has 0 N–H and O–H groups in total. The topological polar surface area (TPSA) is 15.6 Å². The summed E-state index contributed by atoms with van der Waals surface area (Å²) in [5, 5.41) is 2.55. The molecular formula is C18H18ClIN2S. The second kappa shape index (κ2) is 8.40. The van der Waals surface area contributed by atoms with Crippen LogP contribution >= 0.6 is 46.0 Å². The molecule has 3 rings (SSSR count). The minimum absolute atomic E-state index is 0.593. The molecule has 1 unspecified atom stereocenters. The highest BCUT2D eigenvalue weighted by Gasteiger charge is 2.23. The SMILES string of the molecule is Clc1ccccc1CN(Cc1ccccc1)C1=NCC(CI)S1. The number of hydrogen-bond acceptors (Lipinski definition) is 3. The Morgan fingerprint density at radius 3 is 2.52 bits per heavy atom. The van der Waals surface area contributed by atoms with Crippen molar-refractivity contribution in [1.29, 1.82) is 0 Å². The number of aliphatic imine (C=N–C) groups is 1. The first-order chi connectivity index (χ1) is 11.3. The van der Waals surface area contributed by atoms with Crippen molar-refractivity contribution in [2.24, 2.45) is 4.99 Å². The van der Waals surface area contributed by atoms with Crippen LogP contribution in [0.5, 0.6) is 0 Å². The van der Waals surface area contributed by atoms with Crippen molar-refractivity contribution in [3.05, 3.63) is 70.7 Å². The lowest BCUT2D eigenvalue weighted by molar-refractivity contribution is 0.414. The summed E-state index contributed by atoms with van der Waals surface area (Å²) >= 11 is 10.7. The zero-order valence-electron chi connectivity index (χ0n) is 12.7. The summed E-state index contributed by atoms with van der Waals surface area (Å²) in [6.45, 7) is 2.55. The number of halogens is 2. The van der Waals surface area contributed by atoms with E-state index in [2.05, 4.69) is 63.9 Å². The van der Waals surface area contributed by atoms with Crippen molar-refractivity contribution in [3.63, 3.8) is 0 Å². The molecule has 0 fully saturated rings. The Morgan fingerprint density at radius 1 is 1.09 bits per heavy atom. The third-order valence-electron chi connectivity index (χ3n) is 3.68. The van der Waals surface area contributed by atoms with Gasteiger partial charge in [-0.15, -0.1) is 0 Å². The molecule has 23 heavy (non-hydrogen) atoms. The van der Waals surface area contributed by atoms with Gasteiger partial charge >= 0.3 is 0 Å². The molecule has 2 aromatic carbocycles. The Kier molecular flexibility index (Phi) is 6.25. The lowest BCUT2D eigenvalue weighted by Crippen LogP contribution is -2.27. The third-order valence-corrected chi connectivity index (χ3v) is 6.96. The molecule has 0 spiro atoms. The first-order valence-corrected chi connectivity index (χ1v) is 10.3. The van der Waals surface area contributed by atoms with Crippen molar-refractivity contribution >= 4 is 51.1 Å². The van der Waals surface area contributed by atoms with Crippen molar-refractivity contribution in [3.8, 4) is 0 Å². The Labute approximate surface area is 160 Å². The maximum atomic E-state index is 6.36. The summed E-state index contributed by atoms with van der Waals surface area (Å²) in [6.07, 6.45) is 0. The van der Waals surface area contributed by atoms with Crippen molar-refractivity contribution in [2.75, 3.05) is 11.0 Å². The maximum absolute atomic E-state index is 6.36. The van der Waals surface area contributed by atoms with Crippen LogP contribution in [0.3, 0.4) is 0 Å². The van der Waals surface area contributed by atoms with Crippen LogP contribution in [0.4, 0.5) is 0 Å². The smallest absolute Gasteiger partial charge is 0.160 e. The molecule has 0 aromatic heterocycles. The summed E-state index contributed by atoms with van der Waals surface area (Å²) < 4.78 is 1.13. The van der Waals surface area contributed by atoms with E-state index in [0.29, 0.717) is 5.25 Å². The fourth-order valence-electron chi connectivity index (χ4n) is 2.49. The van der Waals surface area contributed by atoms with Crippen molar-refractivity contribution in [1.82, 2.24) is 4.90 Å². The molecular weight excluding hydrogens is 439 g/mol. The van der Waals surface area contributed by atoms with Gasteiger partial charge in [0.15, 0.2) is 5.17 Å². The van der Waals surface area contributed by atoms with E-state index in [1.54, 1.807) is 0 Å². The molecule has 120 valence electrons. The highest BCUT2D eigenvalue weighted by atomic mass is 127. The molecule has 2 aromatic rings. The summed E-state index contributed by atoms with van der Waals surface area (Å²) in [6, 6.07) is 18.6. The average Bonchev–Trinajstić information content (AvgIpc) is 3.06. The van der Waals surface area contributed by atoms with Gasteiger partial charge in [-0.3, -0.25) is 4.99 Å². The fraction of sp³-hybridized carbons (Fsp3) is 0.278. The van der Waals surface area contributed by atoms with Gasteiger partial charge in [0.25, 0.3) is 0 Å². The predicted molar refractivity (Wildman–Crippen MR) is 110 cm³/mol. The van der Waals surface area contributed by atoms with Gasteiger partial charge in [-0.1, -0.05) is 94.5 Å². The molecule has 1 atom stereocenters. The van der Waals surface area contributed by atoms with E-state index in [9.17, 15) is 0 Å². The molecule has 1 aliphatic rings. The highest BCUT2D eigenvalue weighted by molar-refractivity contribution is 14.1. The van der Waals surface area contributed by atoms with Crippen LogP contribution in [-0.2, 0) is 13.1 Å². The molecule has 1 aliphatic heterocycles. The number of rotatable bonds is 5. The van der Waals surface area contributed by atoms with Crippen LogP contribution in [0.15, 0.2) is 59.6 Å². The van der Waals surface area contributed by atoms with E-state index in [-0.39, 0.29) is 0 Å². The molecule has 2 nitrogen and oxygen atoms in total.